The molecule has 0 spiro atoms. The summed E-state index contributed by atoms with van der Waals surface area (Å²) in [5.41, 5.74) is 2.18. The molecule has 6 nitrogen and oxygen atoms in total. The van der Waals surface area contributed by atoms with E-state index in [9.17, 15) is 8.42 Å². The Morgan fingerprint density at radius 2 is 1.71 bits per heavy atom. The first-order chi connectivity index (χ1) is 13.5. The molecule has 0 radical (unpaired) electrons. The van der Waals surface area contributed by atoms with Gasteiger partial charge in [0.25, 0.3) is 0 Å². The Balaban J connectivity index is 1.58. The normalized spacial score (nSPS) is 16.7. The second-order valence-corrected chi connectivity index (χ2v) is 8.90. The highest BCUT2D eigenvalue weighted by molar-refractivity contribution is 7.89. The summed E-state index contributed by atoms with van der Waals surface area (Å²) in [7, 11) is -1.63. The van der Waals surface area contributed by atoms with Crippen LogP contribution in [0, 0.1) is 0 Å². The number of guanidine groups is 1. The molecule has 7 heteroatoms. The summed E-state index contributed by atoms with van der Waals surface area (Å²) < 4.78 is 26.8. The van der Waals surface area contributed by atoms with Gasteiger partial charge in [-0.1, -0.05) is 42.5 Å². The van der Waals surface area contributed by atoms with Crippen molar-refractivity contribution in [3.8, 4) is 0 Å². The van der Waals surface area contributed by atoms with Gasteiger partial charge < -0.3 is 10.6 Å². The summed E-state index contributed by atoms with van der Waals surface area (Å²) in [4.78, 5) is 4.63. The lowest BCUT2D eigenvalue weighted by molar-refractivity contribution is 0.477. The number of hydrogen-bond donors (Lipinski definition) is 2. The third-order valence-corrected chi connectivity index (χ3v) is 6.88. The number of hydrogen-bond acceptors (Lipinski definition) is 3. The second-order valence-electron chi connectivity index (χ2n) is 6.96. The van der Waals surface area contributed by atoms with Crippen LogP contribution in [0.4, 0.5) is 0 Å². The van der Waals surface area contributed by atoms with E-state index in [1.807, 2.05) is 30.3 Å². The Kier molecular flexibility index (Phi) is 6.70. The molecule has 0 aliphatic carbocycles. The van der Waals surface area contributed by atoms with Gasteiger partial charge >= 0.3 is 0 Å². The van der Waals surface area contributed by atoms with Crippen molar-refractivity contribution in [2.75, 3.05) is 20.1 Å². The molecule has 0 saturated carbocycles. The number of rotatable bonds is 6. The maximum Gasteiger partial charge on any atom is 0.243 e. The Hall–Kier alpha value is -2.38. The highest BCUT2D eigenvalue weighted by Crippen LogP contribution is 2.21. The molecular formula is C21H28N4O2S. The zero-order valence-corrected chi connectivity index (χ0v) is 17.2. The highest BCUT2D eigenvalue weighted by Gasteiger charge is 2.26. The lowest BCUT2D eigenvalue weighted by Crippen LogP contribution is -2.38. The quantitative estimate of drug-likeness (QED) is 0.578. The van der Waals surface area contributed by atoms with Crippen molar-refractivity contribution >= 4 is 16.0 Å². The fourth-order valence-electron chi connectivity index (χ4n) is 3.27. The lowest BCUT2D eigenvalue weighted by Gasteiger charge is -2.18. The number of aliphatic imine (C=N–C) groups is 1. The van der Waals surface area contributed by atoms with Crippen LogP contribution < -0.4 is 10.6 Å². The van der Waals surface area contributed by atoms with Gasteiger partial charge in [-0.3, -0.25) is 4.99 Å². The van der Waals surface area contributed by atoms with E-state index in [-0.39, 0.29) is 6.04 Å². The van der Waals surface area contributed by atoms with Crippen LogP contribution in [0.5, 0.6) is 0 Å². The Bertz CT molecular complexity index is 890. The monoisotopic (exact) mass is 400 g/mol. The largest absolute Gasteiger partial charge is 0.352 e. The predicted molar refractivity (Wildman–Crippen MR) is 113 cm³/mol. The van der Waals surface area contributed by atoms with E-state index in [1.54, 1.807) is 23.5 Å². The molecule has 0 amide bonds. The fraction of sp³-hybridized carbons (Fsp3) is 0.381. The minimum absolute atomic E-state index is 0.125. The summed E-state index contributed by atoms with van der Waals surface area (Å²) >= 11 is 0. The Labute approximate surface area is 167 Å². The number of benzene rings is 2. The van der Waals surface area contributed by atoms with Crippen molar-refractivity contribution in [1.82, 2.24) is 14.9 Å². The molecule has 2 aromatic rings. The molecule has 1 atom stereocenters. The SMILES string of the molecule is CN=C(NCc1ccc(S(=O)(=O)N2CCCC2)cc1)NC(C)c1ccccc1. The minimum Gasteiger partial charge on any atom is -0.352 e. The van der Waals surface area contributed by atoms with Crippen molar-refractivity contribution in [3.05, 3.63) is 65.7 Å². The Morgan fingerprint density at radius 3 is 2.32 bits per heavy atom. The van der Waals surface area contributed by atoms with Crippen molar-refractivity contribution < 1.29 is 8.42 Å². The van der Waals surface area contributed by atoms with Crippen molar-refractivity contribution in [1.29, 1.82) is 0 Å². The zero-order chi connectivity index (χ0) is 20.0. The molecule has 1 unspecified atom stereocenters. The highest BCUT2D eigenvalue weighted by atomic mass is 32.2. The fourth-order valence-corrected chi connectivity index (χ4v) is 4.78. The summed E-state index contributed by atoms with van der Waals surface area (Å²) in [5.74, 6) is 0.699. The summed E-state index contributed by atoms with van der Waals surface area (Å²) in [6, 6.07) is 17.4. The summed E-state index contributed by atoms with van der Waals surface area (Å²) in [5, 5.41) is 6.64. The van der Waals surface area contributed by atoms with Crippen molar-refractivity contribution in [3.63, 3.8) is 0 Å². The standard InChI is InChI=1S/C21H28N4O2S/c1-17(19-8-4-3-5-9-19)24-21(22-2)23-16-18-10-12-20(13-11-18)28(26,27)25-14-6-7-15-25/h3-5,8-13,17H,6-7,14-16H2,1-2H3,(H2,22,23,24). The van der Waals surface area contributed by atoms with E-state index in [2.05, 4.69) is 34.7 Å². The van der Waals surface area contributed by atoms with Gasteiger partial charge in [0.15, 0.2) is 5.96 Å². The molecule has 28 heavy (non-hydrogen) atoms. The summed E-state index contributed by atoms with van der Waals surface area (Å²) in [6.45, 7) is 3.88. The van der Waals surface area contributed by atoms with E-state index in [0.29, 0.717) is 30.5 Å². The number of nitrogens with one attached hydrogen (secondary N) is 2. The molecule has 3 rings (SSSR count). The molecule has 1 heterocycles. The topological polar surface area (TPSA) is 73.8 Å². The number of nitrogens with zero attached hydrogens (tertiary/aromatic N) is 2. The van der Waals surface area contributed by atoms with Gasteiger partial charge in [-0.15, -0.1) is 0 Å². The van der Waals surface area contributed by atoms with Crippen LogP contribution in [0.25, 0.3) is 0 Å². The van der Waals surface area contributed by atoms with E-state index in [0.717, 1.165) is 18.4 Å². The van der Waals surface area contributed by atoms with Gasteiger partial charge in [0, 0.05) is 26.7 Å². The van der Waals surface area contributed by atoms with Crippen LogP contribution in [0.15, 0.2) is 64.5 Å². The van der Waals surface area contributed by atoms with Crippen molar-refractivity contribution in [2.24, 2.45) is 4.99 Å². The molecular weight excluding hydrogens is 372 g/mol. The molecule has 150 valence electrons. The maximum atomic E-state index is 12.6. The van der Waals surface area contributed by atoms with Crippen LogP contribution in [-0.4, -0.2) is 38.8 Å². The molecule has 2 N–H and O–H groups in total. The second kappa shape index (κ2) is 9.21. The minimum atomic E-state index is -3.36. The first-order valence-electron chi connectivity index (χ1n) is 9.62. The molecule has 1 saturated heterocycles. The van der Waals surface area contributed by atoms with Crippen LogP contribution in [0.2, 0.25) is 0 Å². The maximum absolute atomic E-state index is 12.6. The summed E-state index contributed by atoms with van der Waals surface area (Å²) in [6.07, 6.45) is 1.88. The average molecular weight is 401 g/mol. The first-order valence-corrected chi connectivity index (χ1v) is 11.1. The van der Waals surface area contributed by atoms with Crippen molar-refractivity contribution in [2.45, 2.75) is 37.2 Å². The van der Waals surface area contributed by atoms with Gasteiger partial charge in [-0.05, 0) is 43.0 Å². The van der Waals surface area contributed by atoms with Crippen LogP contribution in [0.3, 0.4) is 0 Å². The van der Waals surface area contributed by atoms with E-state index < -0.39 is 10.0 Å². The van der Waals surface area contributed by atoms with Gasteiger partial charge in [0.2, 0.25) is 10.0 Å². The number of sulfonamides is 1. The van der Waals surface area contributed by atoms with Crippen LogP contribution in [-0.2, 0) is 16.6 Å². The smallest absolute Gasteiger partial charge is 0.243 e. The third kappa shape index (κ3) is 4.91. The van der Waals surface area contributed by atoms with E-state index in [1.165, 1.54) is 5.56 Å². The van der Waals surface area contributed by atoms with Gasteiger partial charge in [0.1, 0.15) is 0 Å². The molecule has 0 bridgehead atoms. The molecule has 2 aromatic carbocycles. The first kappa shape index (κ1) is 20.4. The van der Waals surface area contributed by atoms with Crippen LogP contribution >= 0.6 is 0 Å². The molecule has 1 fully saturated rings. The third-order valence-electron chi connectivity index (χ3n) is 4.96. The predicted octanol–water partition coefficient (Wildman–Crippen LogP) is 2.90. The molecule has 0 aromatic heterocycles. The molecule has 1 aliphatic rings. The van der Waals surface area contributed by atoms with Gasteiger partial charge in [-0.25, -0.2) is 8.42 Å². The lowest BCUT2D eigenvalue weighted by atomic mass is 10.1. The zero-order valence-electron chi connectivity index (χ0n) is 16.4. The van der Waals surface area contributed by atoms with Gasteiger partial charge in [-0.2, -0.15) is 4.31 Å². The van der Waals surface area contributed by atoms with E-state index >= 15 is 0 Å². The van der Waals surface area contributed by atoms with Crippen LogP contribution in [0.1, 0.15) is 36.9 Å². The van der Waals surface area contributed by atoms with Gasteiger partial charge in [0.05, 0.1) is 10.9 Å². The molecule has 1 aliphatic heterocycles. The average Bonchev–Trinajstić information content (AvgIpc) is 3.28. The Morgan fingerprint density at radius 1 is 1.07 bits per heavy atom. The van der Waals surface area contributed by atoms with E-state index in [4.69, 9.17) is 0 Å².